The minimum atomic E-state index is 0.867. The Morgan fingerprint density at radius 1 is 1.23 bits per heavy atom. The predicted octanol–water partition coefficient (Wildman–Crippen LogP) is 1.81. The Labute approximate surface area is 79.4 Å². The fourth-order valence-electron chi connectivity index (χ4n) is 1.21. The molecule has 0 aliphatic heterocycles. The highest BCUT2D eigenvalue weighted by Crippen LogP contribution is 2.08. The number of rotatable bonds is 2. The minimum Gasteiger partial charge on any atom is -0.306 e. The Hall–Kier alpha value is -1.14. The average Bonchev–Trinajstić information content (AvgIpc) is 2.71. The standard InChI is InChI=1S/C10H11N2P/c1-13-10-4-2-9(3-5-10)12-7-6-11-8-12/h2-8,13H,1H3. The van der Waals surface area contributed by atoms with Crippen LogP contribution in [-0.4, -0.2) is 16.2 Å². The number of imidazole rings is 1. The second kappa shape index (κ2) is 3.71. The molecule has 0 aliphatic rings. The van der Waals surface area contributed by atoms with Gasteiger partial charge >= 0.3 is 0 Å². The molecule has 2 aromatic rings. The van der Waals surface area contributed by atoms with E-state index in [1.807, 2.05) is 17.1 Å². The third-order valence-electron chi connectivity index (χ3n) is 1.96. The molecule has 1 atom stereocenters. The molecule has 0 aliphatic carbocycles. The average molecular weight is 190 g/mol. The van der Waals surface area contributed by atoms with Gasteiger partial charge < -0.3 is 4.57 Å². The summed E-state index contributed by atoms with van der Waals surface area (Å²) in [5.41, 5.74) is 1.17. The molecule has 0 fully saturated rings. The van der Waals surface area contributed by atoms with Crippen molar-refractivity contribution in [2.24, 2.45) is 0 Å². The largest absolute Gasteiger partial charge is 0.306 e. The van der Waals surface area contributed by atoms with Crippen LogP contribution in [0.4, 0.5) is 0 Å². The second-order valence-electron chi connectivity index (χ2n) is 2.77. The van der Waals surface area contributed by atoms with Crippen molar-refractivity contribution in [1.29, 1.82) is 0 Å². The van der Waals surface area contributed by atoms with Crippen LogP contribution in [0.15, 0.2) is 43.0 Å². The fraction of sp³-hybridized carbons (Fsp3) is 0.100. The predicted molar refractivity (Wildman–Crippen MR) is 57.4 cm³/mol. The topological polar surface area (TPSA) is 17.8 Å². The Bertz CT molecular complexity index is 364. The summed E-state index contributed by atoms with van der Waals surface area (Å²) in [5, 5.41) is 1.39. The molecule has 0 saturated heterocycles. The van der Waals surface area contributed by atoms with Gasteiger partial charge in [0.05, 0.1) is 6.33 Å². The van der Waals surface area contributed by atoms with Crippen LogP contribution in [0, 0.1) is 0 Å². The molecule has 0 bridgehead atoms. The number of benzene rings is 1. The van der Waals surface area contributed by atoms with Crippen LogP contribution < -0.4 is 5.30 Å². The van der Waals surface area contributed by atoms with Gasteiger partial charge in [0.2, 0.25) is 0 Å². The number of hydrogen-bond donors (Lipinski definition) is 0. The third kappa shape index (κ3) is 1.78. The number of hydrogen-bond acceptors (Lipinski definition) is 1. The molecule has 1 aromatic heterocycles. The molecule has 0 N–H and O–H groups in total. The van der Waals surface area contributed by atoms with Crippen LogP contribution in [0.1, 0.15) is 0 Å². The van der Waals surface area contributed by atoms with Crippen LogP contribution in [-0.2, 0) is 0 Å². The molecule has 0 saturated carbocycles. The first kappa shape index (κ1) is 8.46. The lowest BCUT2D eigenvalue weighted by Gasteiger charge is -2.02. The van der Waals surface area contributed by atoms with Crippen molar-refractivity contribution in [1.82, 2.24) is 9.55 Å². The highest BCUT2D eigenvalue weighted by molar-refractivity contribution is 7.46. The van der Waals surface area contributed by atoms with Crippen molar-refractivity contribution in [2.75, 3.05) is 6.66 Å². The second-order valence-corrected chi connectivity index (χ2v) is 3.84. The first-order valence-electron chi connectivity index (χ1n) is 4.16. The zero-order valence-electron chi connectivity index (χ0n) is 7.44. The van der Waals surface area contributed by atoms with Gasteiger partial charge in [0.1, 0.15) is 0 Å². The lowest BCUT2D eigenvalue weighted by atomic mass is 10.3. The lowest BCUT2D eigenvalue weighted by Crippen LogP contribution is -1.95. The molecule has 66 valence electrons. The van der Waals surface area contributed by atoms with Crippen LogP contribution in [0.25, 0.3) is 5.69 Å². The molecule has 13 heavy (non-hydrogen) atoms. The molecular weight excluding hydrogens is 179 g/mol. The number of aromatic nitrogens is 2. The Balaban J connectivity index is 2.33. The van der Waals surface area contributed by atoms with Gasteiger partial charge in [-0.15, -0.1) is 0 Å². The van der Waals surface area contributed by atoms with E-state index < -0.39 is 0 Å². The van der Waals surface area contributed by atoms with Gasteiger partial charge in [-0.3, -0.25) is 0 Å². The monoisotopic (exact) mass is 190 g/mol. The summed E-state index contributed by atoms with van der Waals surface area (Å²) in [7, 11) is 0.867. The van der Waals surface area contributed by atoms with E-state index >= 15 is 0 Å². The van der Waals surface area contributed by atoms with Gasteiger partial charge in [0.25, 0.3) is 0 Å². The van der Waals surface area contributed by atoms with Gasteiger partial charge in [0, 0.05) is 18.1 Å². The van der Waals surface area contributed by atoms with Crippen LogP contribution in [0.2, 0.25) is 0 Å². The Kier molecular flexibility index (Phi) is 2.42. The minimum absolute atomic E-state index is 0.867. The van der Waals surface area contributed by atoms with Crippen molar-refractivity contribution in [3.63, 3.8) is 0 Å². The molecule has 1 aromatic carbocycles. The smallest absolute Gasteiger partial charge is 0.0991 e. The van der Waals surface area contributed by atoms with Crippen LogP contribution in [0.5, 0.6) is 0 Å². The Morgan fingerprint density at radius 2 is 2.00 bits per heavy atom. The molecule has 0 radical (unpaired) electrons. The summed E-state index contributed by atoms with van der Waals surface area (Å²) >= 11 is 0. The molecule has 2 rings (SSSR count). The van der Waals surface area contributed by atoms with E-state index in [1.165, 1.54) is 11.0 Å². The maximum absolute atomic E-state index is 4.01. The summed E-state index contributed by atoms with van der Waals surface area (Å²) in [5.74, 6) is 0. The zero-order valence-corrected chi connectivity index (χ0v) is 8.44. The molecule has 0 amide bonds. The van der Waals surface area contributed by atoms with E-state index in [4.69, 9.17) is 0 Å². The van der Waals surface area contributed by atoms with Crippen LogP contribution in [0.3, 0.4) is 0 Å². The van der Waals surface area contributed by atoms with Crippen LogP contribution >= 0.6 is 8.58 Å². The van der Waals surface area contributed by atoms with E-state index in [0.29, 0.717) is 0 Å². The maximum atomic E-state index is 4.01. The lowest BCUT2D eigenvalue weighted by molar-refractivity contribution is 1.06. The quantitative estimate of drug-likeness (QED) is 0.660. The third-order valence-corrected chi connectivity index (χ3v) is 2.87. The van der Waals surface area contributed by atoms with E-state index in [1.54, 1.807) is 6.20 Å². The highest BCUT2D eigenvalue weighted by atomic mass is 31.1. The van der Waals surface area contributed by atoms with E-state index in [-0.39, 0.29) is 0 Å². The zero-order chi connectivity index (χ0) is 9.10. The van der Waals surface area contributed by atoms with Crippen molar-refractivity contribution in [3.8, 4) is 5.69 Å². The van der Waals surface area contributed by atoms with E-state index in [0.717, 1.165) is 8.58 Å². The fourth-order valence-corrected chi connectivity index (χ4v) is 1.71. The van der Waals surface area contributed by atoms with Crippen molar-refractivity contribution >= 4 is 13.9 Å². The molecule has 3 heteroatoms. The summed E-state index contributed by atoms with van der Waals surface area (Å²) in [6, 6.07) is 8.56. The molecular formula is C10H11N2P. The molecule has 2 nitrogen and oxygen atoms in total. The summed E-state index contributed by atoms with van der Waals surface area (Å²) in [6.45, 7) is 2.19. The summed E-state index contributed by atoms with van der Waals surface area (Å²) in [4.78, 5) is 4.01. The Morgan fingerprint density at radius 3 is 2.54 bits per heavy atom. The summed E-state index contributed by atoms with van der Waals surface area (Å²) in [6.07, 6.45) is 5.54. The van der Waals surface area contributed by atoms with Crippen molar-refractivity contribution in [3.05, 3.63) is 43.0 Å². The SMILES string of the molecule is CPc1ccc(-n2ccnc2)cc1. The first-order valence-corrected chi connectivity index (χ1v) is 5.66. The van der Waals surface area contributed by atoms with Gasteiger partial charge in [0.15, 0.2) is 0 Å². The number of nitrogens with zero attached hydrogens (tertiary/aromatic N) is 2. The molecule has 0 spiro atoms. The summed E-state index contributed by atoms with van der Waals surface area (Å²) < 4.78 is 2.00. The van der Waals surface area contributed by atoms with Gasteiger partial charge in [-0.2, -0.15) is 0 Å². The van der Waals surface area contributed by atoms with Gasteiger partial charge in [-0.25, -0.2) is 4.98 Å². The van der Waals surface area contributed by atoms with Crippen molar-refractivity contribution < 1.29 is 0 Å². The molecule has 1 unspecified atom stereocenters. The maximum Gasteiger partial charge on any atom is 0.0991 e. The van der Waals surface area contributed by atoms with E-state index in [2.05, 4.69) is 35.9 Å². The van der Waals surface area contributed by atoms with E-state index in [9.17, 15) is 0 Å². The van der Waals surface area contributed by atoms with Gasteiger partial charge in [-0.1, -0.05) is 20.7 Å². The van der Waals surface area contributed by atoms with Gasteiger partial charge in [-0.05, 0) is 24.1 Å². The molecule has 1 heterocycles. The first-order chi connectivity index (χ1) is 6.40. The highest BCUT2D eigenvalue weighted by Gasteiger charge is 1.94. The van der Waals surface area contributed by atoms with Crippen molar-refractivity contribution in [2.45, 2.75) is 0 Å². The normalized spacial score (nSPS) is 11.2.